The Morgan fingerprint density at radius 2 is 1.94 bits per heavy atom. The van der Waals surface area contributed by atoms with Crippen LogP contribution in [0.4, 0.5) is 19.0 Å². The largest absolute Gasteiger partial charge is 0.433 e. The highest BCUT2D eigenvalue weighted by atomic mass is 19.4. The van der Waals surface area contributed by atoms with Gasteiger partial charge in [-0.2, -0.15) is 13.2 Å². The highest BCUT2D eigenvalue weighted by Gasteiger charge is 2.42. The zero-order valence-corrected chi connectivity index (χ0v) is 16.6. The summed E-state index contributed by atoms with van der Waals surface area (Å²) in [4.78, 5) is 30.3. The molecule has 0 atom stereocenters. The molecule has 1 aliphatic rings. The zero-order chi connectivity index (χ0) is 22.1. The lowest BCUT2D eigenvalue weighted by Crippen LogP contribution is -2.53. The van der Waals surface area contributed by atoms with E-state index in [0.29, 0.717) is 48.3 Å². The number of carbonyl (C=O) groups excluding carboxylic acids is 1. The minimum absolute atomic E-state index is 0.0104. The molecule has 0 aliphatic carbocycles. The maximum absolute atomic E-state index is 13.8. The molecule has 0 spiro atoms. The summed E-state index contributed by atoms with van der Waals surface area (Å²) in [5, 5.41) is 3.87. The van der Waals surface area contributed by atoms with Crippen LogP contribution in [-0.2, 0) is 17.5 Å². The van der Waals surface area contributed by atoms with Gasteiger partial charge in [0.15, 0.2) is 0 Å². The Kier molecular flexibility index (Phi) is 5.63. The van der Waals surface area contributed by atoms with Gasteiger partial charge in [0.25, 0.3) is 0 Å². The van der Waals surface area contributed by atoms with Gasteiger partial charge in [0.2, 0.25) is 5.91 Å². The lowest BCUT2D eigenvalue weighted by molar-refractivity contribution is -0.141. The average Bonchev–Trinajstić information content (AvgIpc) is 3.26. The summed E-state index contributed by atoms with van der Waals surface area (Å²) in [6.45, 7) is 1.48. The molecule has 0 saturated carbocycles. The Morgan fingerprint density at radius 1 is 1.16 bits per heavy atom. The van der Waals surface area contributed by atoms with Crippen molar-refractivity contribution in [1.82, 2.24) is 25.3 Å². The third-order valence-corrected chi connectivity index (χ3v) is 5.69. The smallest absolute Gasteiger partial charge is 0.346 e. The fourth-order valence-corrected chi connectivity index (χ4v) is 3.88. The van der Waals surface area contributed by atoms with Crippen molar-refractivity contribution in [2.45, 2.75) is 25.6 Å². The number of fused-ring (bicyclic) bond motifs is 1. The van der Waals surface area contributed by atoms with E-state index in [4.69, 9.17) is 5.73 Å². The van der Waals surface area contributed by atoms with Crippen molar-refractivity contribution in [3.63, 3.8) is 0 Å². The van der Waals surface area contributed by atoms with E-state index in [1.165, 1.54) is 17.3 Å². The molecule has 1 fully saturated rings. The lowest BCUT2D eigenvalue weighted by atomic mass is 9.77. The van der Waals surface area contributed by atoms with Gasteiger partial charge < -0.3 is 16.0 Å². The predicted octanol–water partition coefficient (Wildman–Crippen LogP) is 2.23. The van der Waals surface area contributed by atoms with Crippen molar-refractivity contribution < 1.29 is 18.0 Å². The van der Waals surface area contributed by atoms with E-state index in [9.17, 15) is 18.0 Å². The van der Waals surface area contributed by atoms with Gasteiger partial charge in [-0.1, -0.05) is 6.07 Å². The van der Waals surface area contributed by atoms with Gasteiger partial charge in [-0.3, -0.25) is 14.7 Å². The second-order valence-electron chi connectivity index (χ2n) is 7.61. The number of amides is 1. The second kappa shape index (κ2) is 8.23. The van der Waals surface area contributed by atoms with Gasteiger partial charge in [-0.05, 0) is 43.6 Å². The summed E-state index contributed by atoms with van der Waals surface area (Å²) in [6.07, 6.45) is 0.759. The van der Waals surface area contributed by atoms with Gasteiger partial charge in [0.1, 0.15) is 23.5 Å². The fourth-order valence-electron chi connectivity index (χ4n) is 3.88. The number of nitrogens with one attached hydrogen (secondary N) is 2. The number of alkyl halides is 3. The Hall–Kier alpha value is -3.05. The van der Waals surface area contributed by atoms with Gasteiger partial charge >= 0.3 is 6.18 Å². The van der Waals surface area contributed by atoms with Crippen LogP contribution >= 0.6 is 0 Å². The molecule has 4 N–H and O–H groups in total. The number of H-pyrrole nitrogens is 1. The summed E-state index contributed by atoms with van der Waals surface area (Å²) in [5.74, 6) is 0.167. The number of hydrogen-bond donors (Lipinski definition) is 3. The molecule has 8 nitrogen and oxygen atoms in total. The number of aromatic nitrogens is 4. The molecule has 164 valence electrons. The van der Waals surface area contributed by atoms with Crippen molar-refractivity contribution >= 4 is 22.8 Å². The maximum atomic E-state index is 13.8. The SMILES string of the molecule is NCC1(C(=O)N(Cc2ccc(C(F)(F)F)nc2)c2ncnc3[nH]ccc23)CCNCC1. The number of anilines is 1. The number of carbonyl (C=O) groups is 1. The molecule has 4 heterocycles. The molecule has 1 saturated heterocycles. The fraction of sp³-hybridized carbons (Fsp3) is 0.400. The lowest BCUT2D eigenvalue weighted by Gasteiger charge is -2.39. The monoisotopic (exact) mass is 433 g/mol. The molecule has 0 bridgehead atoms. The molecule has 4 rings (SSSR count). The van der Waals surface area contributed by atoms with Crippen LogP contribution in [0.25, 0.3) is 11.0 Å². The van der Waals surface area contributed by atoms with E-state index < -0.39 is 17.3 Å². The second-order valence-corrected chi connectivity index (χ2v) is 7.61. The van der Waals surface area contributed by atoms with Crippen LogP contribution in [0, 0.1) is 5.41 Å². The third kappa shape index (κ3) is 4.10. The number of nitrogens with zero attached hydrogens (tertiary/aromatic N) is 4. The molecule has 31 heavy (non-hydrogen) atoms. The minimum Gasteiger partial charge on any atom is -0.346 e. The van der Waals surface area contributed by atoms with E-state index in [0.717, 1.165) is 12.3 Å². The third-order valence-electron chi connectivity index (χ3n) is 5.69. The Labute approximate surface area is 176 Å². The maximum Gasteiger partial charge on any atom is 0.433 e. The Morgan fingerprint density at radius 3 is 2.58 bits per heavy atom. The molecule has 3 aromatic rings. The normalized spacial score (nSPS) is 16.4. The van der Waals surface area contributed by atoms with Crippen LogP contribution in [0.1, 0.15) is 24.1 Å². The number of hydrogen-bond acceptors (Lipinski definition) is 6. The average molecular weight is 433 g/mol. The van der Waals surface area contributed by atoms with Crippen LogP contribution in [0.15, 0.2) is 36.9 Å². The Balaban J connectivity index is 1.74. The molecular weight excluding hydrogens is 411 g/mol. The molecule has 1 amide bonds. The van der Waals surface area contributed by atoms with Crippen molar-refractivity contribution in [1.29, 1.82) is 0 Å². The first-order valence-electron chi connectivity index (χ1n) is 9.87. The number of nitrogens with two attached hydrogens (primary N) is 1. The quantitative estimate of drug-likeness (QED) is 0.569. The summed E-state index contributed by atoms with van der Waals surface area (Å²) in [7, 11) is 0. The van der Waals surface area contributed by atoms with E-state index >= 15 is 0 Å². The standard InChI is InChI=1S/C20H22F3N7O/c21-20(22,23)15-2-1-13(9-27-15)10-30(17-14-3-6-26-16(14)28-12-29-17)18(31)19(11-24)4-7-25-8-5-19/h1-3,6,9,12,25H,4-5,7-8,10-11,24H2,(H,26,28,29). The highest BCUT2D eigenvalue weighted by Crippen LogP contribution is 2.34. The first-order chi connectivity index (χ1) is 14.8. The Bertz CT molecular complexity index is 1060. The summed E-state index contributed by atoms with van der Waals surface area (Å²) < 4.78 is 38.7. The predicted molar refractivity (Wildman–Crippen MR) is 108 cm³/mol. The molecule has 1 aliphatic heterocycles. The van der Waals surface area contributed by atoms with E-state index in [-0.39, 0.29) is 19.0 Å². The van der Waals surface area contributed by atoms with E-state index in [2.05, 4.69) is 25.3 Å². The van der Waals surface area contributed by atoms with Crippen molar-refractivity contribution in [2.75, 3.05) is 24.5 Å². The van der Waals surface area contributed by atoms with Gasteiger partial charge in [0.05, 0.1) is 17.3 Å². The first-order valence-corrected chi connectivity index (χ1v) is 9.87. The van der Waals surface area contributed by atoms with E-state index in [1.54, 1.807) is 12.3 Å². The van der Waals surface area contributed by atoms with Crippen LogP contribution in [-0.4, -0.2) is 45.5 Å². The molecule has 0 unspecified atom stereocenters. The summed E-state index contributed by atoms with van der Waals surface area (Å²) in [6, 6.07) is 3.99. The zero-order valence-electron chi connectivity index (χ0n) is 16.6. The number of halogens is 3. The number of piperidine rings is 1. The van der Waals surface area contributed by atoms with Crippen LogP contribution in [0.5, 0.6) is 0 Å². The number of aromatic amines is 1. The van der Waals surface area contributed by atoms with Crippen molar-refractivity contribution in [3.05, 3.63) is 48.2 Å². The molecular formula is C20H22F3N7O. The molecule has 0 aromatic carbocycles. The molecule has 11 heteroatoms. The first kappa shape index (κ1) is 21.2. The topological polar surface area (TPSA) is 113 Å². The molecule has 0 radical (unpaired) electrons. The van der Waals surface area contributed by atoms with Crippen LogP contribution in [0.2, 0.25) is 0 Å². The summed E-state index contributed by atoms with van der Waals surface area (Å²) in [5.41, 5.74) is 5.30. The van der Waals surface area contributed by atoms with Crippen LogP contribution < -0.4 is 16.0 Å². The van der Waals surface area contributed by atoms with Gasteiger partial charge in [0, 0.05) is 18.9 Å². The van der Waals surface area contributed by atoms with Crippen molar-refractivity contribution in [2.24, 2.45) is 11.1 Å². The number of rotatable bonds is 5. The van der Waals surface area contributed by atoms with Crippen LogP contribution in [0.3, 0.4) is 0 Å². The van der Waals surface area contributed by atoms with Gasteiger partial charge in [-0.25, -0.2) is 9.97 Å². The number of pyridine rings is 1. The van der Waals surface area contributed by atoms with Crippen molar-refractivity contribution in [3.8, 4) is 0 Å². The summed E-state index contributed by atoms with van der Waals surface area (Å²) >= 11 is 0. The molecule has 3 aromatic heterocycles. The highest BCUT2D eigenvalue weighted by molar-refractivity contribution is 6.03. The van der Waals surface area contributed by atoms with Gasteiger partial charge in [-0.15, -0.1) is 0 Å². The van der Waals surface area contributed by atoms with E-state index in [1.807, 2.05) is 0 Å². The minimum atomic E-state index is -4.53.